The molecule has 1 fully saturated rings. The summed E-state index contributed by atoms with van der Waals surface area (Å²) in [6.07, 6.45) is 1.32. The molecule has 3 N–H and O–H groups in total. The minimum absolute atomic E-state index is 0.0516. The summed E-state index contributed by atoms with van der Waals surface area (Å²) in [5.74, 6) is -4.30. The molecule has 3 aromatic rings. The van der Waals surface area contributed by atoms with E-state index in [1.54, 1.807) is 19.2 Å². The fraction of sp³-hybridized carbons (Fsp3) is 0.444. The maximum atomic E-state index is 15.6. The van der Waals surface area contributed by atoms with Crippen LogP contribution in [0.3, 0.4) is 0 Å². The number of hydrogen-bond acceptors (Lipinski definition) is 6. The number of amides is 2. The molecule has 2 amide bonds. The third kappa shape index (κ3) is 8.71. The van der Waals surface area contributed by atoms with Gasteiger partial charge in [0.05, 0.1) is 19.1 Å². The van der Waals surface area contributed by atoms with Crippen LogP contribution in [0.15, 0.2) is 47.4 Å². The molecule has 1 saturated heterocycles. The molecule has 0 unspecified atom stereocenters. The van der Waals surface area contributed by atoms with Gasteiger partial charge in [0.25, 0.3) is 11.5 Å². The highest BCUT2D eigenvalue weighted by Gasteiger charge is 2.30. The Bertz CT molecular complexity index is 1680. The van der Waals surface area contributed by atoms with Crippen LogP contribution < -0.4 is 21.5 Å². The van der Waals surface area contributed by atoms with Crippen LogP contribution in [0.2, 0.25) is 0 Å². The van der Waals surface area contributed by atoms with Crippen molar-refractivity contribution in [3.8, 4) is 11.1 Å². The van der Waals surface area contributed by atoms with Crippen molar-refractivity contribution in [3.05, 3.63) is 92.4 Å². The number of esters is 1. The standard InChI is InChI=1S/C36H44F2N4O5/c1-7-47-31(43)16-29(27-14-25(15-28(37)33(27)38)32-22(5)12-21(4)13-23(32)6)40-35(45)30(11-20(2)3)41-34(44)26-9-8-10-42(36(26)46)19-24-17-39-18-24/h8-10,12-15,20,24,29-30,39H,7,11,16-19H2,1-6H3,(H,40,45)(H,41,44)/t29-,30-/m0/s1. The Morgan fingerprint density at radius 2 is 1.72 bits per heavy atom. The third-order valence-electron chi connectivity index (χ3n) is 8.30. The fourth-order valence-electron chi connectivity index (χ4n) is 6.09. The van der Waals surface area contributed by atoms with E-state index < -0.39 is 53.5 Å². The summed E-state index contributed by atoms with van der Waals surface area (Å²) >= 11 is 0. The van der Waals surface area contributed by atoms with E-state index in [4.69, 9.17) is 4.74 Å². The summed E-state index contributed by atoms with van der Waals surface area (Å²) in [4.78, 5) is 53.0. The van der Waals surface area contributed by atoms with Crippen molar-refractivity contribution < 1.29 is 27.9 Å². The van der Waals surface area contributed by atoms with Crippen molar-refractivity contribution in [2.75, 3.05) is 19.7 Å². The van der Waals surface area contributed by atoms with Gasteiger partial charge in [-0.2, -0.15) is 0 Å². The first kappa shape index (κ1) is 35.5. The van der Waals surface area contributed by atoms with Crippen molar-refractivity contribution in [2.24, 2.45) is 11.8 Å². The molecular weight excluding hydrogens is 606 g/mol. The van der Waals surface area contributed by atoms with Gasteiger partial charge in [0, 0.05) is 37.3 Å². The van der Waals surface area contributed by atoms with E-state index in [0.29, 0.717) is 17.7 Å². The van der Waals surface area contributed by atoms with E-state index >= 15 is 8.78 Å². The molecule has 2 aromatic carbocycles. The zero-order valence-corrected chi connectivity index (χ0v) is 27.8. The summed E-state index contributed by atoms with van der Waals surface area (Å²) < 4.78 is 37.4. The Kier molecular flexibility index (Phi) is 11.7. The SMILES string of the molecule is CCOC(=O)C[C@H](NC(=O)[C@H](CC(C)C)NC(=O)c1cccn(CC2CNC2)c1=O)c1cc(-c2c(C)cc(C)cc2C)cc(F)c1F. The number of rotatable bonds is 13. The summed E-state index contributed by atoms with van der Waals surface area (Å²) in [6, 6.07) is 6.96. The van der Waals surface area contributed by atoms with Gasteiger partial charge in [-0.05, 0) is 86.6 Å². The molecule has 2 atom stereocenters. The van der Waals surface area contributed by atoms with E-state index in [-0.39, 0.29) is 36.0 Å². The molecular formula is C36H44F2N4O5. The molecule has 0 saturated carbocycles. The van der Waals surface area contributed by atoms with Crippen LogP contribution in [0, 0.1) is 44.2 Å². The van der Waals surface area contributed by atoms with Crippen molar-refractivity contribution in [3.63, 3.8) is 0 Å². The topological polar surface area (TPSA) is 119 Å². The molecule has 2 heterocycles. The molecule has 0 radical (unpaired) electrons. The molecule has 0 aliphatic carbocycles. The van der Waals surface area contributed by atoms with Gasteiger partial charge in [0.15, 0.2) is 11.6 Å². The molecule has 1 aliphatic heterocycles. The quantitative estimate of drug-likeness (QED) is 0.227. The Balaban J connectivity index is 1.67. The Labute approximate surface area is 274 Å². The Hall–Kier alpha value is -4.38. The number of nitrogens with one attached hydrogen (secondary N) is 3. The van der Waals surface area contributed by atoms with Gasteiger partial charge in [0.2, 0.25) is 5.91 Å². The maximum absolute atomic E-state index is 15.6. The monoisotopic (exact) mass is 650 g/mol. The first-order chi connectivity index (χ1) is 22.3. The number of carbonyl (C=O) groups is 3. The second-order valence-corrected chi connectivity index (χ2v) is 12.8. The molecule has 0 bridgehead atoms. The smallest absolute Gasteiger partial charge is 0.308 e. The van der Waals surface area contributed by atoms with Gasteiger partial charge >= 0.3 is 5.97 Å². The van der Waals surface area contributed by atoms with Crippen molar-refractivity contribution >= 4 is 17.8 Å². The molecule has 11 heteroatoms. The van der Waals surface area contributed by atoms with Gasteiger partial charge in [-0.15, -0.1) is 0 Å². The minimum atomic E-state index is -1.32. The first-order valence-electron chi connectivity index (χ1n) is 16.0. The highest BCUT2D eigenvalue weighted by molar-refractivity contribution is 5.97. The number of pyridine rings is 1. The largest absolute Gasteiger partial charge is 0.466 e. The number of halogens is 2. The van der Waals surface area contributed by atoms with Crippen LogP contribution in [-0.4, -0.2) is 48.1 Å². The van der Waals surface area contributed by atoms with Crippen LogP contribution >= 0.6 is 0 Å². The highest BCUT2D eigenvalue weighted by Crippen LogP contribution is 2.34. The van der Waals surface area contributed by atoms with E-state index in [9.17, 15) is 19.2 Å². The van der Waals surface area contributed by atoms with Crippen LogP contribution in [0.5, 0.6) is 0 Å². The van der Waals surface area contributed by atoms with E-state index in [1.807, 2.05) is 46.8 Å². The lowest BCUT2D eigenvalue weighted by atomic mass is 9.90. The second-order valence-electron chi connectivity index (χ2n) is 12.8. The van der Waals surface area contributed by atoms with E-state index in [0.717, 1.165) is 35.8 Å². The molecule has 252 valence electrons. The van der Waals surface area contributed by atoms with Gasteiger partial charge in [-0.1, -0.05) is 31.5 Å². The molecule has 9 nitrogen and oxygen atoms in total. The molecule has 0 spiro atoms. The van der Waals surface area contributed by atoms with Crippen LogP contribution in [0.4, 0.5) is 8.78 Å². The number of hydrogen-bond donors (Lipinski definition) is 3. The zero-order chi connectivity index (χ0) is 34.4. The van der Waals surface area contributed by atoms with Gasteiger partial charge in [0.1, 0.15) is 11.6 Å². The zero-order valence-electron chi connectivity index (χ0n) is 27.8. The molecule has 1 aliphatic rings. The average Bonchev–Trinajstić information content (AvgIpc) is 2.96. The van der Waals surface area contributed by atoms with Gasteiger partial charge in [-0.3, -0.25) is 19.2 Å². The highest BCUT2D eigenvalue weighted by atomic mass is 19.2. The van der Waals surface area contributed by atoms with Crippen LogP contribution in [0.1, 0.15) is 72.3 Å². The van der Waals surface area contributed by atoms with Crippen molar-refractivity contribution in [1.29, 1.82) is 0 Å². The number of ether oxygens (including phenoxy) is 1. The minimum Gasteiger partial charge on any atom is -0.466 e. The molecule has 1 aromatic heterocycles. The lowest BCUT2D eigenvalue weighted by molar-refractivity contribution is -0.143. The second kappa shape index (κ2) is 15.5. The number of carbonyl (C=O) groups excluding carboxylic acids is 3. The maximum Gasteiger partial charge on any atom is 0.308 e. The predicted octanol–water partition coefficient (Wildman–Crippen LogP) is 4.89. The first-order valence-corrected chi connectivity index (χ1v) is 16.0. The van der Waals surface area contributed by atoms with Crippen molar-refractivity contribution in [1.82, 2.24) is 20.5 Å². The van der Waals surface area contributed by atoms with Crippen LogP contribution in [-0.2, 0) is 20.9 Å². The predicted molar refractivity (Wildman–Crippen MR) is 176 cm³/mol. The summed E-state index contributed by atoms with van der Waals surface area (Å²) in [7, 11) is 0. The average molecular weight is 651 g/mol. The number of aryl methyl sites for hydroxylation is 3. The lowest BCUT2D eigenvalue weighted by Crippen LogP contribution is -2.50. The number of benzene rings is 2. The van der Waals surface area contributed by atoms with Crippen molar-refractivity contribution in [2.45, 2.75) is 73.0 Å². The Morgan fingerprint density at radius 1 is 1.04 bits per heavy atom. The summed E-state index contributed by atoms with van der Waals surface area (Å²) in [5, 5.41) is 8.51. The third-order valence-corrected chi connectivity index (χ3v) is 8.30. The fourth-order valence-corrected chi connectivity index (χ4v) is 6.09. The lowest BCUT2D eigenvalue weighted by Gasteiger charge is -2.27. The van der Waals surface area contributed by atoms with Crippen LogP contribution in [0.25, 0.3) is 11.1 Å². The summed E-state index contributed by atoms with van der Waals surface area (Å²) in [6.45, 7) is 13.1. The van der Waals surface area contributed by atoms with Gasteiger partial charge < -0.3 is 25.3 Å². The number of aromatic nitrogens is 1. The molecule has 4 rings (SSSR count). The van der Waals surface area contributed by atoms with Gasteiger partial charge in [-0.25, -0.2) is 8.78 Å². The molecule has 47 heavy (non-hydrogen) atoms. The summed E-state index contributed by atoms with van der Waals surface area (Å²) in [5.41, 5.74) is 3.01. The normalized spacial score (nSPS) is 14.3. The van der Waals surface area contributed by atoms with E-state index in [1.165, 1.54) is 16.7 Å². The van der Waals surface area contributed by atoms with E-state index in [2.05, 4.69) is 16.0 Å². The Morgan fingerprint density at radius 3 is 2.32 bits per heavy atom. The number of nitrogens with zero attached hydrogens (tertiary/aromatic N) is 1.